The fourth-order valence-electron chi connectivity index (χ4n) is 2.83. The van der Waals surface area contributed by atoms with Crippen LogP contribution in [0, 0.1) is 5.41 Å². The fourth-order valence-corrected chi connectivity index (χ4v) is 3.13. The number of nitrogens with one attached hydrogen (secondary N) is 1. The van der Waals surface area contributed by atoms with Gasteiger partial charge in [0.1, 0.15) is 5.78 Å². The molecule has 3 nitrogen and oxygen atoms in total. The lowest BCUT2D eigenvalue weighted by Gasteiger charge is -2.07. The molecular formula is C14H13Cl2NO2. The molecule has 0 saturated heterocycles. The van der Waals surface area contributed by atoms with Gasteiger partial charge in [0, 0.05) is 12.0 Å². The Morgan fingerprint density at radius 1 is 1.26 bits per heavy atom. The molecule has 0 spiro atoms. The maximum Gasteiger partial charge on any atom is 0.251 e. The van der Waals surface area contributed by atoms with Crippen molar-refractivity contribution in [3.05, 3.63) is 33.8 Å². The second-order valence-corrected chi connectivity index (χ2v) is 6.19. The van der Waals surface area contributed by atoms with E-state index < -0.39 is 0 Å². The summed E-state index contributed by atoms with van der Waals surface area (Å²) in [6.07, 6.45) is 2.09. The lowest BCUT2D eigenvalue weighted by Crippen LogP contribution is -2.31. The molecule has 2 aliphatic carbocycles. The van der Waals surface area contributed by atoms with Gasteiger partial charge >= 0.3 is 0 Å². The second-order valence-electron chi connectivity index (χ2n) is 5.38. The Labute approximate surface area is 121 Å². The highest BCUT2D eigenvalue weighted by Gasteiger charge is 2.87. The van der Waals surface area contributed by atoms with Crippen molar-refractivity contribution in [3.8, 4) is 0 Å². The van der Waals surface area contributed by atoms with Crippen molar-refractivity contribution in [1.29, 1.82) is 0 Å². The van der Waals surface area contributed by atoms with E-state index in [-0.39, 0.29) is 22.6 Å². The second kappa shape index (κ2) is 3.97. The Morgan fingerprint density at radius 2 is 1.95 bits per heavy atom. The molecule has 3 rings (SSSR count). The lowest BCUT2D eigenvalue weighted by atomic mass is 10.1. The van der Waals surface area contributed by atoms with Gasteiger partial charge in [-0.3, -0.25) is 9.59 Å². The summed E-state index contributed by atoms with van der Waals surface area (Å²) in [5.41, 5.74) is -0.0582. The molecule has 2 aliphatic rings. The normalized spacial score (nSPS) is 30.5. The first-order chi connectivity index (χ1) is 8.94. The van der Waals surface area contributed by atoms with Gasteiger partial charge in [-0.25, -0.2) is 0 Å². The number of rotatable bonds is 4. The SMILES string of the molecule is CCC(=O)C12CC1(NC(=O)c1ccc(Cl)c(Cl)c1)C2. The van der Waals surface area contributed by atoms with Gasteiger partial charge in [-0.1, -0.05) is 30.1 Å². The van der Waals surface area contributed by atoms with E-state index in [1.165, 1.54) is 0 Å². The lowest BCUT2D eigenvalue weighted by molar-refractivity contribution is -0.121. The van der Waals surface area contributed by atoms with Gasteiger partial charge in [0.15, 0.2) is 0 Å². The van der Waals surface area contributed by atoms with Crippen molar-refractivity contribution >= 4 is 34.9 Å². The molecule has 1 amide bonds. The minimum absolute atomic E-state index is 0.193. The number of halogens is 2. The first-order valence-electron chi connectivity index (χ1n) is 6.25. The van der Waals surface area contributed by atoms with Crippen molar-refractivity contribution in [3.63, 3.8) is 0 Å². The third-order valence-corrected chi connectivity index (χ3v) is 5.00. The quantitative estimate of drug-likeness (QED) is 0.927. The molecule has 2 fully saturated rings. The summed E-state index contributed by atoms with van der Waals surface area (Å²) in [6, 6.07) is 4.78. The number of Topliss-reactive ketones (excluding diaryl/α,β-unsaturated/α-hetero) is 1. The van der Waals surface area contributed by atoms with Crippen molar-refractivity contribution in [2.24, 2.45) is 5.41 Å². The van der Waals surface area contributed by atoms with Gasteiger partial charge in [-0.15, -0.1) is 0 Å². The van der Waals surface area contributed by atoms with E-state index in [1.807, 2.05) is 6.92 Å². The number of hydrogen-bond acceptors (Lipinski definition) is 2. The average Bonchev–Trinajstić information content (AvgIpc) is 3.18. The third-order valence-electron chi connectivity index (χ3n) is 4.26. The van der Waals surface area contributed by atoms with Gasteiger partial charge < -0.3 is 5.32 Å². The largest absolute Gasteiger partial charge is 0.346 e. The Balaban J connectivity index is 1.71. The van der Waals surface area contributed by atoms with Crippen LogP contribution in [0.2, 0.25) is 10.0 Å². The van der Waals surface area contributed by atoms with Crippen LogP contribution in [0.4, 0.5) is 0 Å². The first-order valence-corrected chi connectivity index (χ1v) is 7.01. The van der Waals surface area contributed by atoms with E-state index in [4.69, 9.17) is 23.2 Å². The molecule has 0 atom stereocenters. The summed E-state index contributed by atoms with van der Waals surface area (Å²) < 4.78 is 0. The molecule has 5 heteroatoms. The number of carbonyl (C=O) groups is 2. The monoisotopic (exact) mass is 297 g/mol. The highest BCUT2D eigenvalue weighted by molar-refractivity contribution is 6.42. The predicted molar refractivity (Wildman–Crippen MR) is 73.6 cm³/mol. The van der Waals surface area contributed by atoms with Crippen LogP contribution < -0.4 is 5.32 Å². The third kappa shape index (κ3) is 1.79. The molecule has 0 heterocycles. The van der Waals surface area contributed by atoms with Crippen LogP contribution >= 0.6 is 23.2 Å². The van der Waals surface area contributed by atoms with E-state index in [0.717, 1.165) is 12.8 Å². The summed E-state index contributed by atoms with van der Waals surface area (Å²) in [6.45, 7) is 1.86. The van der Waals surface area contributed by atoms with E-state index in [2.05, 4.69) is 5.32 Å². The molecule has 0 aromatic heterocycles. The van der Waals surface area contributed by atoms with E-state index in [1.54, 1.807) is 18.2 Å². The minimum Gasteiger partial charge on any atom is -0.346 e. The van der Waals surface area contributed by atoms with E-state index >= 15 is 0 Å². The molecule has 1 aromatic rings. The number of hydrogen-bond donors (Lipinski definition) is 1. The maximum absolute atomic E-state index is 12.1. The topological polar surface area (TPSA) is 46.2 Å². The van der Waals surface area contributed by atoms with Gasteiger partial charge in [0.05, 0.1) is 21.0 Å². The van der Waals surface area contributed by atoms with E-state index in [9.17, 15) is 9.59 Å². The van der Waals surface area contributed by atoms with Crippen molar-refractivity contribution < 1.29 is 9.59 Å². The zero-order valence-corrected chi connectivity index (χ0v) is 11.9. The van der Waals surface area contributed by atoms with E-state index in [0.29, 0.717) is 22.0 Å². The zero-order chi connectivity index (χ0) is 13.8. The summed E-state index contributed by atoms with van der Waals surface area (Å²) >= 11 is 11.7. The molecule has 1 aromatic carbocycles. The number of carbonyl (C=O) groups excluding carboxylic acids is 2. The molecule has 2 saturated carbocycles. The number of benzene rings is 1. The highest BCUT2D eigenvalue weighted by atomic mass is 35.5. The molecule has 100 valence electrons. The Hall–Kier alpha value is -1.06. The Morgan fingerprint density at radius 3 is 2.53 bits per heavy atom. The standard InChI is InChI=1S/C14H13Cl2NO2/c1-2-11(18)13-6-14(13,7-13)17-12(19)8-3-4-9(15)10(16)5-8/h3-5H,2,6-7H2,1H3,(H,17,19). The van der Waals surface area contributed by atoms with Gasteiger partial charge in [-0.2, -0.15) is 0 Å². The van der Waals surface area contributed by atoms with Crippen molar-refractivity contribution in [2.45, 2.75) is 31.7 Å². The van der Waals surface area contributed by atoms with Crippen LogP contribution in [0.5, 0.6) is 0 Å². The van der Waals surface area contributed by atoms with Gasteiger partial charge in [0.25, 0.3) is 5.91 Å². The summed E-state index contributed by atoms with van der Waals surface area (Å²) in [7, 11) is 0. The van der Waals surface area contributed by atoms with Crippen LogP contribution in [-0.2, 0) is 4.79 Å². The molecule has 1 N–H and O–H groups in total. The number of ketones is 1. The van der Waals surface area contributed by atoms with Gasteiger partial charge in [0.2, 0.25) is 0 Å². The van der Waals surface area contributed by atoms with Crippen LogP contribution in [0.25, 0.3) is 0 Å². The first kappa shape index (κ1) is 12.9. The van der Waals surface area contributed by atoms with Crippen molar-refractivity contribution in [1.82, 2.24) is 5.32 Å². The van der Waals surface area contributed by atoms with Crippen LogP contribution in [0.1, 0.15) is 36.5 Å². The summed E-state index contributed by atoms with van der Waals surface area (Å²) in [5.74, 6) is 0.0591. The summed E-state index contributed by atoms with van der Waals surface area (Å²) in [4.78, 5) is 23.9. The minimum atomic E-state index is -0.275. The summed E-state index contributed by atoms with van der Waals surface area (Å²) in [5, 5.41) is 3.74. The Bertz CT molecular complexity index is 591. The smallest absolute Gasteiger partial charge is 0.251 e. The van der Waals surface area contributed by atoms with Crippen LogP contribution in [0.3, 0.4) is 0 Å². The fraction of sp³-hybridized carbons (Fsp3) is 0.429. The Kier molecular flexibility index (Phi) is 2.70. The number of amides is 1. The van der Waals surface area contributed by atoms with Crippen LogP contribution in [0.15, 0.2) is 18.2 Å². The molecule has 19 heavy (non-hydrogen) atoms. The molecule has 0 radical (unpaired) electrons. The predicted octanol–water partition coefficient (Wildman–Crippen LogP) is 3.23. The highest BCUT2D eigenvalue weighted by Crippen LogP contribution is 2.79. The molecule has 0 unspecified atom stereocenters. The maximum atomic E-state index is 12.1. The molecular weight excluding hydrogens is 285 g/mol. The zero-order valence-electron chi connectivity index (χ0n) is 10.4. The molecule has 0 bridgehead atoms. The average molecular weight is 298 g/mol. The number of fused-ring (bicyclic) bond motifs is 1. The van der Waals surface area contributed by atoms with Crippen LogP contribution in [-0.4, -0.2) is 17.2 Å². The van der Waals surface area contributed by atoms with Gasteiger partial charge in [-0.05, 0) is 31.0 Å². The van der Waals surface area contributed by atoms with Crippen molar-refractivity contribution in [2.75, 3.05) is 0 Å². The molecule has 0 aliphatic heterocycles.